The highest BCUT2D eigenvalue weighted by Crippen LogP contribution is 2.20. The fraction of sp³-hybridized carbons (Fsp3) is 0. The lowest BCUT2D eigenvalue weighted by molar-refractivity contribution is 0.0697. The second-order valence-electron chi connectivity index (χ2n) is 3.87. The molecule has 0 radical (unpaired) electrons. The van der Waals surface area contributed by atoms with Crippen molar-refractivity contribution in [1.82, 2.24) is 0 Å². The van der Waals surface area contributed by atoms with E-state index in [1.807, 2.05) is 0 Å². The minimum absolute atomic E-state index is 0.186. The molecular weight excluding hydrogens is 247 g/mol. The molecule has 0 unspecified atom stereocenters. The zero-order valence-electron chi connectivity index (χ0n) is 9.85. The van der Waals surface area contributed by atoms with Crippen molar-refractivity contribution in [1.29, 1.82) is 0 Å². The van der Waals surface area contributed by atoms with E-state index in [0.29, 0.717) is 17.0 Å². The van der Waals surface area contributed by atoms with E-state index >= 15 is 0 Å². The molecule has 0 aliphatic carbocycles. The summed E-state index contributed by atoms with van der Waals surface area (Å²) < 4.78 is 5.49. The molecule has 96 valence electrons. The van der Waals surface area contributed by atoms with Crippen LogP contribution in [0.25, 0.3) is 0 Å². The molecule has 6 heteroatoms. The van der Waals surface area contributed by atoms with E-state index in [2.05, 4.69) is 0 Å². The summed E-state index contributed by atoms with van der Waals surface area (Å²) in [5.74, 6) is 0.0302. The average molecular weight is 258 g/mol. The van der Waals surface area contributed by atoms with Crippen molar-refractivity contribution < 1.29 is 24.7 Å². The second-order valence-corrected chi connectivity index (χ2v) is 3.87. The fourth-order valence-corrected chi connectivity index (χ4v) is 1.51. The number of carbonyl (C=O) groups is 1. The summed E-state index contributed by atoms with van der Waals surface area (Å²) in [5, 5.41) is 26.7. The zero-order chi connectivity index (χ0) is 13.8. The number of aromatic carboxylic acids is 1. The molecule has 5 nitrogen and oxygen atoms in total. The Bertz CT molecular complexity index is 563. The van der Waals surface area contributed by atoms with Crippen LogP contribution in [0.15, 0.2) is 48.5 Å². The fourth-order valence-electron chi connectivity index (χ4n) is 1.51. The number of hydrogen-bond donors (Lipinski definition) is 3. The number of carboxylic acid groups (broad SMARTS) is 1. The van der Waals surface area contributed by atoms with Crippen LogP contribution < -0.4 is 10.2 Å². The Kier molecular flexibility index (Phi) is 3.84. The molecule has 0 fully saturated rings. The first-order valence-electron chi connectivity index (χ1n) is 5.53. The lowest BCUT2D eigenvalue weighted by Gasteiger charge is -2.06. The topological polar surface area (TPSA) is 87.0 Å². The van der Waals surface area contributed by atoms with E-state index in [0.717, 1.165) is 0 Å². The molecule has 0 aromatic heterocycles. The van der Waals surface area contributed by atoms with Crippen molar-refractivity contribution in [2.24, 2.45) is 0 Å². The monoisotopic (exact) mass is 258 g/mol. The summed E-state index contributed by atoms with van der Waals surface area (Å²) in [6.45, 7) is 0. The van der Waals surface area contributed by atoms with Gasteiger partial charge in [-0.1, -0.05) is 12.1 Å². The summed E-state index contributed by atoms with van der Waals surface area (Å²) in [6.07, 6.45) is 0. The van der Waals surface area contributed by atoms with Crippen LogP contribution in [-0.4, -0.2) is 28.2 Å². The van der Waals surface area contributed by atoms with Crippen LogP contribution in [0.3, 0.4) is 0 Å². The first kappa shape index (κ1) is 13.1. The van der Waals surface area contributed by atoms with Crippen molar-refractivity contribution in [3.8, 4) is 11.5 Å². The average Bonchev–Trinajstić information content (AvgIpc) is 2.40. The maximum atomic E-state index is 10.7. The third-order valence-corrected chi connectivity index (χ3v) is 2.52. The highest BCUT2D eigenvalue weighted by Gasteiger charge is 2.10. The van der Waals surface area contributed by atoms with Gasteiger partial charge in [-0.15, -0.1) is 0 Å². The van der Waals surface area contributed by atoms with Gasteiger partial charge in [-0.2, -0.15) is 0 Å². The smallest absolute Gasteiger partial charge is 0.478 e. The maximum Gasteiger partial charge on any atom is 0.488 e. The van der Waals surface area contributed by atoms with E-state index in [1.54, 1.807) is 24.3 Å². The zero-order valence-corrected chi connectivity index (χ0v) is 9.85. The predicted octanol–water partition coefficient (Wildman–Crippen LogP) is 0.857. The van der Waals surface area contributed by atoms with Gasteiger partial charge in [0, 0.05) is 0 Å². The predicted molar refractivity (Wildman–Crippen MR) is 69.7 cm³/mol. The Morgan fingerprint density at radius 3 is 1.79 bits per heavy atom. The molecule has 2 aromatic carbocycles. The SMILES string of the molecule is O=C(O)c1ccc(Oc2ccc(B(O)O)cc2)cc1. The summed E-state index contributed by atoms with van der Waals surface area (Å²) in [5.41, 5.74) is 0.555. The van der Waals surface area contributed by atoms with Gasteiger partial charge in [-0.05, 0) is 41.9 Å². The van der Waals surface area contributed by atoms with Crippen molar-refractivity contribution >= 4 is 18.6 Å². The van der Waals surface area contributed by atoms with Gasteiger partial charge in [-0.25, -0.2) is 4.79 Å². The molecule has 0 aliphatic rings. The molecule has 2 rings (SSSR count). The number of carboxylic acids is 1. The van der Waals surface area contributed by atoms with Crippen molar-refractivity contribution in [3.05, 3.63) is 54.1 Å². The standard InChI is InChI=1S/C13H11BO5/c15-13(16)9-1-5-11(6-2-9)19-12-7-3-10(4-8-12)14(17)18/h1-8,17-18H,(H,15,16). The molecule has 0 amide bonds. The van der Waals surface area contributed by atoms with Crippen molar-refractivity contribution in [2.75, 3.05) is 0 Å². The molecule has 0 saturated carbocycles. The molecular formula is C13H11BO5. The Balaban J connectivity index is 2.10. The van der Waals surface area contributed by atoms with Crippen LogP contribution in [0.5, 0.6) is 11.5 Å². The van der Waals surface area contributed by atoms with Crippen LogP contribution >= 0.6 is 0 Å². The van der Waals surface area contributed by atoms with Gasteiger partial charge < -0.3 is 19.9 Å². The number of ether oxygens (including phenoxy) is 1. The van der Waals surface area contributed by atoms with Crippen LogP contribution in [0.1, 0.15) is 10.4 Å². The van der Waals surface area contributed by atoms with Gasteiger partial charge in [0.25, 0.3) is 0 Å². The lowest BCUT2D eigenvalue weighted by Crippen LogP contribution is -2.29. The molecule has 0 heterocycles. The van der Waals surface area contributed by atoms with Crippen molar-refractivity contribution in [3.63, 3.8) is 0 Å². The Morgan fingerprint density at radius 2 is 1.37 bits per heavy atom. The summed E-state index contributed by atoms with van der Waals surface area (Å²) in [4.78, 5) is 10.7. The van der Waals surface area contributed by atoms with E-state index in [9.17, 15) is 4.79 Å². The Labute approximate surface area is 109 Å². The van der Waals surface area contributed by atoms with Gasteiger partial charge in [0.2, 0.25) is 0 Å². The minimum Gasteiger partial charge on any atom is -0.478 e. The molecule has 3 N–H and O–H groups in total. The number of hydrogen-bond acceptors (Lipinski definition) is 4. The first-order valence-corrected chi connectivity index (χ1v) is 5.53. The lowest BCUT2D eigenvalue weighted by atomic mass is 9.80. The van der Waals surface area contributed by atoms with Crippen molar-refractivity contribution in [2.45, 2.75) is 0 Å². The van der Waals surface area contributed by atoms with Gasteiger partial charge >= 0.3 is 13.1 Å². The van der Waals surface area contributed by atoms with Crippen LogP contribution in [0, 0.1) is 0 Å². The Hall–Kier alpha value is -2.31. The van der Waals surface area contributed by atoms with E-state index in [1.165, 1.54) is 24.3 Å². The van der Waals surface area contributed by atoms with Gasteiger partial charge in [0.05, 0.1) is 5.56 Å². The minimum atomic E-state index is -1.51. The number of rotatable bonds is 4. The van der Waals surface area contributed by atoms with Gasteiger partial charge in [-0.3, -0.25) is 0 Å². The highest BCUT2D eigenvalue weighted by molar-refractivity contribution is 6.58. The summed E-state index contributed by atoms with van der Waals surface area (Å²) >= 11 is 0. The number of benzene rings is 2. The van der Waals surface area contributed by atoms with Gasteiger partial charge in [0.1, 0.15) is 11.5 Å². The molecule has 0 atom stereocenters. The van der Waals surface area contributed by atoms with E-state index in [4.69, 9.17) is 19.9 Å². The summed E-state index contributed by atoms with van der Waals surface area (Å²) in [6, 6.07) is 12.3. The summed E-state index contributed by atoms with van der Waals surface area (Å²) in [7, 11) is -1.51. The molecule has 2 aromatic rings. The normalized spacial score (nSPS) is 10.0. The molecule has 0 aliphatic heterocycles. The third kappa shape index (κ3) is 3.34. The molecule has 0 saturated heterocycles. The van der Waals surface area contributed by atoms with Gasteiger partial charge in [0.15, 0.2) is 0 Å². The van der Waals surface area contributed by atoms with E-state index < -0.39 is 13.1 Å². The molecule has 0 spiro atoms. The largest absolute Gasteiger partial charge is 0.488 e. The third-order valence-electron chi connectivity index (χ3n) is 2.52. The Morgan fingerprint density at radius 1 is 0.895 bits per heavy atom. The highest BCUT2D eigenvalue weighted by atomic mass is 16.5. The van der Waals surface area contributed by atoms with E-state index in [-0.39, 0.29) is 5.56 Å². The van der Waals surface area contributed by atoms with Crippen LogP contribution in [-0.2, 0) is 0 Å². The maximum absolute atomic E-state index is 10.7. The van der Waals surface area contributed by atoms with Crippen LogP contribution in [0.2, 0.25) is 0 Å². The van der Waals surface area contributed by atoms with Crippen LogP contribution in [0.4, 0.5) is 0 Å². The first-order chi connectivity index (χ1) is 9.06. The quantitative estimate of drug-likeness (QED) is 0.708. The second kappa shape index (κ2) is 5.56. The molecule has 0 bridgehead atoms. The molecule has 19 heavy (non-hydrogen) atoms.